The molecule has 2 unspecified atom stereocenters. The number of fused-ring (bicyclic) bond motifs is 2. The fraction of sp³-hybridized carbons (Fsp3) is 0.667. The number of carbonyl (C=O) groups is 2. The lowest BCUT2D eigenvalue weighted by Crippen LogP contribution is -2.60. The average molecular weight is 463 g/mol. The molecule has 0 aromatic heterocycles. The van der Waals surface area contributed by atoms with Gasteiger partial charge in [0, 0.05) is 18.7 Å². The lowest BCUT2D eigenvalue weighted by Gasteiger charge is -2.42. The Morgan fingerprint density at radius 3 is 2.73 bits per heavy atom. The van der Waals surface area contributed by atoms with Crippen LogP contribution in [-0.2, 0) is 30.2 Å². The van der Waals surface area contributed by atoms with Gasteiger partial charge in [-0.25, -0.2) is 4.79 Å². The Bertz CT molecular complexity index is 882. The Labute approximate surface area is 194 Å². The van der Waals surface area contributed by atoms with E-state index in [1.165, 1.54) is 0 Å². The van der Waals surface area contributed by atoms with Gasteiger partial charge in [0.25, 0.3) is 5.91 Å². The Balaban J connectivity index is 1.39. The second kappa shape index (κ2) is 9.21. The van der Waals surface area contributed by atoms with E-state index < -0.39 is 29.8 Å². The molecule has 3 aliphatic heterocycles. The molecule has 4 atom stereocenters. The minimum absolute atomic E-state index is 0.0617. The van der Waals surface area contributed by atoms with Gasteiger partial charge in [0.15, 0.2) is 12.1 Å². The molecule has 1 aromatic carbocycles. The molecule has 33 heavy (non-hydrogen) atoms. The third-order valence-electron chi connectivity index (χ3n) is 5.74. The first-order valence-corrected chi connectivity index (χ1v) is 11.5. The molecule has 2 saturated heterocycles. The zero-order valence-corrected chi connectivity index (χ0v) is 20.0. The van der Waals surface area contributed by atoms with Gasteiger partial charge in [-0.1, -0.05) is 18.2 Å². The van der Waals surface area contributed by atoms with E-state index in [9.17, 15) is 9.59 Å². The molecule has 0 spiro atoms. The van der Waals surface area contributed by atoms with Gasteiger partial charge in [-0.2, -0.15) is 0 Å². The lowest BCUT2D eigenvalue weighted by atomic mass is 10.0. The van der Waals surface area contributed by atoms with Crippen LogP contribution in [0.15, 0.2) is 24.3 Å². The third-order valence-corrected chi connectivity index (χ3v) is 5.74. The highest BCUT2D eigenvalue weighted by Crippen LogP contribution is 2.39. The van der Waals surface area contributed by atoms with E-state index in [-0.39, 0.29) is 18.1 Å². The van der Waals surface area contributed by atoms with E-state index in [2.05, 4.69) is 5.32 Å². The monoisotopic (exact) mass is 462 g/mol. The number of nitrogens with zero attached hydrogens (tertiary/aromatic N) is 1. The van der Waals surface area contributed by atoms with Crippen molar-refractivity contribution in [1.82, 2.24) is 10.2 Å². The van der Waals surface area contributed by atoms with Gasteiger partial charge in [-0.3, -0.25) is 4.79 Å². The smallest absolute Gasteiger partial charge is 0.407 e. The number of hydrogen-bond acceptors (Lipinski definition) is 7. The summed E-state index contributed by atoms with van der Waals surface area (Å²) in [6, 6.07) is 7.14. The Morgan fingerprint density at radius 1 is 1.24 bits per heavy atom. The van der Waals surface area contributed by atoms with Crippen LogP contribution in [0.5, 0.6) is 0 Å². The Kier molecular flexibility index (Phi) is 6.68. The summed E-state index contributed by atoms with van der Waals surface area (Å²) in [6.45, 7) is 10.7. The normalized spacial score (nSPS) is 28.4. The van der Waals surface area contributed by atoms with Crippen molar-refractivity contribution in [2.45, 2.75) is 83.5 Å². The van der Waals surface area contributed by atoms with Gasteiger partial charge < -0.3 is 33.9 Å². The molecule has 3 heterocycles. The molecule has 182 valence electrons. The summed E-state index contributed by atoms with van der Waals surface area (Å²) < 4.78 is 29.5. The molecule has 1 N–H and O–H groups in total. The number of amides is 2. The number of nitrogens with one attached hydrogen (secondary N) is 1. The van der Waals surface area contributed by atoms with Gasteiger partial charge in [0.2, 0.25) is 0 Å². The standard InChI is InChI=1S/C24H34N2O7/c1-23(2,3)33-22(28)25-11-8-12-29-21-18(19-17(14-30-21)31-24(4,5)32-19)26-13-15-9-6-7-10-16(15)20(26)27/h6-7,9-10,17-19,21H,8,11-14H2,1-5H3,(H,25,28)/t17-,18?,19-,21?/m0/s1. The molecule has 4 rings (SSSR count). The van der Waals surface area contributed by atoms with Crippen molar-refractivity contribution in [3.63, 3.8) is 0 Å². The predicted octanol–water partition coefficient (Wildman–Crippen LogP) is 2.82. The minimum Gasteiger partial charge on any atom is -0.444 e. The average Bonchev–Trinajstić information content (AvgIpc) is 3.21. The molecule has 9 heteroatoms. The largest absolute Gasteiger partial charge is 0.444 e. The van der Waals surface area contributed by atoms with Crippen molar-refractivity contribution >= 4 is 12.0 Å². The summed E-state index contributed by atoms with van der Waals surface area (Å²) in [7, 11) is 0. The fourth-order valence-electron chi connectivity index (χ4n) is 4.49. The van der Waals surface area contributed by atoms with Crippen molar-refractivity contribution in [1.29, 1.82) is 0 Å². The molecule has 0 aliphatic carbocycles. The van der Waals surface area contributed by atoms with Crippen molar-refractivity contribution in [2.24, 2.45) is 0 Å². The predicted molar refractivity (Wildman–Crippen MR) is 118 cm³/mol. The van der Waals surface area contributed by atoms with Crippen molar-refractivity contribution in [3.8, 4) is 0 Å². The zero-order chi connectivity index (χ0) is 23.8. The van der Waals surface area contributed by atoms with Gasteiger partial charge in [0.05, 0.1) is 13.2 Å². The second-order valence-corrected chi connectivity index (χ2v) is 10.1. The van der Waals surface area contributed by atoms with Crippen LogP contribution in [0, 0.1) is 0 Å². The van der Waals surface area contributed by atoms with Crippen molar-refractivity contribution in [2.75, 3.05) is 19.8 Å². The number of ether oxygens (including phenoxy) is 5. The number of hydrogen-bond donors (Lipinski definition) is 1. The first-order valence-electron chi connectivity index (χ1n) is 11.5. The quantitative estimate of drug-likeness (QED) is 0.650. The summed E-state index contributed by atoms with van der Waals surface area (Å²) in [5.74, 6) is -0.827. The summed E-state index contributed by atoms with van der Waals surface area (Å²) in [5.41, 5.74) is 1.12. The summed E-state index contributed by atoms with van der Waals surface area (Å²) in [6.07, 6.45) is -1.20. The molecular formula is C24H34N2O7. The minimum atomic E-state index is -0.765. The van der Waals surface area contributed by atoms with Crippen LogP contribution in [0.4, 0.5) is 4.79 Å². The van der Waals surface area contributed by atoms with Crippen LogP contribution in [0.1, 0.15) is 57.0 Å². The number of alkyl carbamates (subject to hydrolysis) is 1. The molecule has 0 saturated carbocycles. The zero-order valence-electron chi connectivity index (χ0n) is 20.0. The lowest BCUT2D eigenvalue weighted by molar-refractivity contribution is -0.229. The number of rotatable bonds is 6. The Morgan fingerprint density at radius 2 is 2.00 bits per heavy atom. The van der Waals surface area contributed by atoms with Gasteiger partial charge in [-0.15, -0.1) is 0 Å². The molecule has 2 amide bonds. The van der Waals surface area contributed by atoms with Gasteiger partial charge in [-0.05, 0) is 52.7 Å². The molecule has 1 aromatic rings. The topological polar surface area (TPSA) is 95.6 Å². The van der Waals surface area contributed by atoms with Crippen LogP contribution in [0.25, 0.3) is 0 Å². The van der Waals surface area contributed by atoms with E-state index in [0.29, 0.717) is 38.3 Å². The summed E-state index contributed by atoms with van der Waals surface area (Å²) in [4.78, 5) is 26.8. The van der Waals surface area contributed by atoms with E-state index in [4.69, 9.17) is 23.7 Å². The van der Waals surface area contributed by atoms with E-state index in [0.717, 1.165) is 5.56 Å². The Hall–Kier alpha value is -2.20. The number of benzene rings is 1. The maximum atomic E-state index is 13.2. The van der Waals surface area contributed by atoms with Crippen LogP contribution < -0.4 is 5.32 Å². The van der Waals surface area contributed by atoms with E-state index >= 15 is 0 Å². The van der Waals surface area contributed by atoms with Crippen molar-refractivity contribution in [3.05, 3.63) is 35.4 Å². The van der Waals surface area contributed by atoms with Crippen LogP contribution in [0.2, 0.25) is 0 Å². The molecule has 0 radical (unpaired) electrons. The first-order chi connectivity index (χ1) is 15.5. The highest BCUT2D eigenvalue weighted by atomic mass is 16.8. The maximum Gasteiger partial charge on any atom is 0.407 e. The molecule has 0 bridgehead atoms. The summed E-state index contributed by atoms with van der Waals surface area (Å²) in [5, 5.41) is 2.72. The van der Waals surface area contributed by atoms with E-state index in [1.54, 1.807) is 4.90 Å². The first kappa shape index (κ1) is 23.9. The number of carbonyl (C=O) groups excluding carboxylic acids is 2. The van der Waals surface area contributed by atoms with E-state index in [1.807, 2.05) is 58.9 Å². The second-order valence-electron chi connectivity index (χ2n) is 10.1. The van der Waals surface area contributed by atoms with Gasteiger partial charge in [0.1, 0.15) is 23.9 Å². The third kappa shape index (κ3) is 5.48. The van der Waals surface area contributed by atoms with Crippen molar-refractivity contribution < 1.29 is 33.3 Å². The maximum absolute atomic E-state index is 13.2. The van der Waals surface area contributed by atoms with Crippen LogP contribution >= 0.6 is 0 Å². The molecule has 9 nitrogen and oxygen atoms in total. The van der Waals surface area contributed by atoms with Crippen LogP contribution in [-0.4, -0.2) is 72.6 Å². The molecule has 3 aliphatic rings. The van der Waals surface area contributed by atoms with Crippen LogP contribution in [0.3, 0.4) is 0 Å². The highest BCUT2D eigenvalue weighted by molar-refractivity contribution is 5.98. The van der Waals surface area contributed by atoms with Gasteiger partial charge >= 0.3 is 6.09 Å². The SMILES string of the molecule is CC(C)(C)OC(=O)NCCCOC1OC[C@@H]2OC(C)(C)O[C@@H]2C1N1Cc2ccccc2C1=O. The highest BCUT2D eigenvalue weighted by Gasteiger charge is 2.55. The molecular weight excluding hydrogens is 428 g/mol. The summed E-state index contributed by atoms with van der Waals surface area (Å²) >= 11 is 0. The fourth-order valence-corrected chi connectivity index (χ4v) is 4.49. The molecule has 2 fully saturated rings.